The van der Waals surface area contributed by atoms with Gasteiger partial charge < -0.3 is 25.0 Å². The first kappa shape index (κ1) is 24.3. The molecule has 30 heavy (non-hydrogen) atoms. The number of hydrogen-bond acceptors (Lipinski definition) is 6. The van der Waals surface area contributed by atoms with Crippen LogP contribution >= 0.6 is 0 Å². The molecule has 170 valence electrons. The molecule has 1 unspecified atom stereocenters. The van der Waals surface area contributed by atoms with Gasteiger partial charge in [0.2, 0.25) is 0 Å². The summed E-state index contributed by atoms with van der Waals surface area (Å²) in [6, 6.07) is 7.88. The third kappa shape index (κ3) is 9.21. The van der Waals surface area contributed by atoms with Crippen molar-refractivity contribution in [1.82, 2.24) is 15.5 Å². The van der Waals surface area contributed by atoms with E-state index in [9.17, 15) is 8.42 Å². The van der Waals surface area contributed by atoms with Crippen LogP contribution in [0.3, 0.4) is 0 Å². The molecule has 0 spiro atoms. The van der Waals surface area contributed by atoms with Gasteiger partial charge in [0.1, 0.15) is 27.4 Å². The van der Waals surface area contributed by atoms with Crippen LogP contribution < -0.4 is 20.1 Å². The van der Waals surface area contributed by atoms with E-state index in [0.29, 0.717) is 19.1 Å². The minimum Gasteiger partial charge on any atom is -0.497 e. The van der Waals surface area contributed by atoms with E-state index in [2.05, 4.69) is 20.5 Å². The molecular weight excluding hydrogens is 404 g/mol. The summed E-state index contributed by atoms with van der Waals surface area (Å²) >= 11 is 0. The summed E-state index contributed by atoms with van der Waals surface area (Å²) in [5.74, 6) is 2.53. The van der Waals surface area contributed by atoms with Crippen LogP contribution in [0.1, 0.15) is 26.7 Å². The molecule has 0 aliphatic carbocycles. The van der Waals surface area contributed by atoms with Crippen LogP contribution in [0.25, 0.3) is 0 Å². The Morgan fingerprint density at radius 3 is 2.63 bits per heavy atom. The van der Waals surface area contributed by atoms with Gasteiger partial charge in [-0.15, -0.1) is 0 Å². The maximum atomic E-state index is 11.4. The van der Waals surface area contributed by atoms with E-state index in [4.69, 9.17) is 9.47 Å². The Bertz CT molecular complexity index is 777. The number of methoxy groups -OCH3 is 1. The number of aliphatic imine (C=N–C) groups is 1. The highest BCUT2D eigenvalue weighted by atomic mass is 32.2. The van der Waals surface area contributed by atoms with E-state index in [-0.39, 0.29) is 11.9 Å². The maximum absolute atomic E-state index is 11.4. The van der Waals surface area contributed by atoms with Crippen LogP contribution in [0.2, 0.25) is 0 Å². The van der Waals surface area contributed by atoms with Crippen LogP contribution in [0, 0.1) is 0 Å². The van der Waals surface area contributed by atoms with E-state index in [1.54, 1.807) is 7.11 Å². The lowest BCUT2D eigenvalue weighted by molar-refractivity contribution is 0.215. The number of nitrogens with zero attached hydrogens (tertiary/aromatic N) is 2. The van der Waals surface area contributed by atoms with Crippen molar-refractivity contribution in [3.63, 3.8) is 0 Å². The van der Waals surface area contributed by atoms with Gasteiger partial charge in [-0.25, -0.2) is 13.4 Å². The summed E-state index contributed by atoms with van der Waals surface area (Å²) in [4.78, 5) is 6.89. The number of sulfone groups is 1. The van der Waals surface area contributed by atoms with E-state index in [1.165, 1.54) is 6.26 Å². The molecule has 0 amide bonds. The molecule has 1 saturated heterocycles. The van der Waals surface area contributed by atoms with Crippen LogP contribution in [0.15, 0.2) is 29.3 Å². The Balaban J connectivity index is 1.81. The lowest BCUT2D eigenvalue weighted by Gasteiger charge is -2.33. The van der Waals surface area contributed by atoms with Crippen LogP contribution in [-0.4, -0.2) is 83.3 Å². The van der Waals surface area contributed by atoms with Gasteiger partial charge in [-0.1, -0.05) is 6.07 Å². The fourth-order valence-electron chi connectivity index (χ4n) is 3.27. The second-order valence-electron chi connectivity index (χ2n) is 7.72. The van der Waals surface area contributed by atoms with Crippen LogP contribution in [-0.2, 0) is 9.84 Å². The molecule has 0 radical (unpaired) electrons. The molecule has 1 atom stereocenters. The van der Waals surface area contributed by atoms with Gasteiger partial charge in [0.05, 0.1) is 19.4 Å². The lowest BCUT2D eigenvalue weighted by atomic mass is 10.1. The predicted octanol–water partition coefficient (Wildman–Crippen LogP) is 1.53. The standard InChI is InChI=1S/C21H36N4O4S/c1-5-22-21(23-16-17(2)29-20-8-6-7-19(15-20)28-3)24-18-9-11-25(12-10-18)13-14-30(4,26)27/h6-8,15,17-18H,5,9-14,16H2,1-4H3,(H2,22,23,24). The van der Waals surface area contributed by atoms with Crippen molar-refractivity contribution in [2.24, 2.45) is 4.99 Å². The highest BCUT2D eigenvalue weighted by molar-refractivity contribution is 7.90. The van der Waals surface area contributed by atoms with Crippen molar-refractivity contribution in [3.8, 4) is 11.5 Å². The predicted molar refractivity (Wildman–Crippen MR) is 121 cm³/mol. The molecule has 9 heteroatoms. The molecule has 0 aromatic heterocycles. The van der Waals surface area contributed by atoms with Gasteiger partial charge in [0.15, 0.2) is 5.96 Å². The molecular formula is C21H36N4O4S. The lowest BCUT2D eigenvalue weighted by Crippen LogP contribution is -2.49. The van der Waals surface area contributed by atoms with Gasteiger partial charge >= 0.3 is 0 Å². The maximum Gasteiger partial charge on any atom is 0.191 e. The van der Waals surface area contributed by atoms with Gasteiger partial charge in [-0.05, 0) is 38.8 Å². The van der Waals surface area contributed by atoms with Gasteiger partial charge in [-0.2, -0.15) is 0 Å². The molecule has 1 aliphatic rings. The summed E-state index contributed by atoms with van der Waals surface area (Å²) in [6.07, 6.45) is 3.14. The molecule has 0 bridgehead atoms. The van der Waals surface area contributed by atoms with Crippen molar-refractivity contribution in [1.29, 1.82) is 0 Å². The smallest absolute Gasteiger partial charge is 0.191 e. The molecule has 1 aliphatic heterocycles. The quantitative estimate of drug-likeness (QED) is 0.421. The topological polar surface area (TPSA) is 92.3 Å². The Kier molecular flexibility index (Phi) is 9.71. The minimum atomic E-state index is -2.91. The van der Waals surface area contributed by atoms with E-state index >= 15 is 0 Å². The molecule has 1 aromatic carbocycles. The number of piperidine rings is 1. The van der Waals surface area contributed by atoms with E-state index in [1.807, 2.05) is 38.1 Å². The molecule has 8 nitrogen and oxygen atoms in total. The highest BCUT2D eigenvalue weighted by Crippen LogP contribution is 2.20. The highest BCUT2D eigenvalue weighted by Gasteiger charge is 2.20. The fraction of sp³-hybridized carbons (Fsp3) is 0.667. The number of ether oxygens (including phenoxy) is 2. The number of rotatable bonds is 10. The molecule has 0 saturated carbocycles. The Morgan fingerprint density at radius 2 is 2.00 bits per heavy atom. The zero-order valence-corrected chi connectivity index (χ0v) is 19.4. The molecule has 1 heterocycles. The van der Waals surface area contributed by atoms with Crippen molar-refractivity contribution in [2.75, 3.05) is 51.8 Å². The first-order valence-electron chi connectivity index (χ1n) is 10.5. The first-order chi connectivity index (χ1) is 14.3. The SMILES string of the molecule is CCNC(=NCC(C)Oc1cccc(OC)c1)NC1CCN(CCS(C)(=O)=O)CC1. The van der Waals surface area contributed by atoms with Crippen molar-refractivity contribution in [2.45, 2.75) is 38.8 Å². The zero-order chi connectivity index (χ0) is 22.0. The number of benzene rings is 1. The van der Waals surface area contributed by atoms with Gasteiger partial charge in [-0.3, -0.25) is 0 Å². The molecule has 2 rings (SSSR count). The Labute approximate surface area is 181 Å². The van der Waals surface area contributed by atoms with Crippen molar-refractivity contribution in [3.05, 3.63) is 24.3 Å². The normalized spacial score (nSPS) is 17.4. The second kappa shape index (κ2) is 12.0. The Morgan fingerprint density at radius 1 is 1.30 bits per heavy atom. The first-order valence-corrected chi connectivity index (χ1v) is 12.6. The number of nitrogens with one attached hydrogen (secondary N) is 2. The van der Waals surface area contributed by atoms with Crippen molar-refractivity contribution < 1.29 is 17.9 Å². The van der Waals surface area contributed by atoms with Gasteiger partial charge in [0, 0.05) is 44.5 Å². The fourth-order valence-corrected chi connectivity index (χ4v) is 3.86. The average Bonchev–Trinajstić information content (AvgIpc) is 2.71. The summed E-state index contributed by atoms with van der Waals surface area (Å²) in [5.41, 5.74) is 0. The average molecular weight is 441 g/mol. The number of likely N-dealkylation sites (tertiary alicyclic amines) is 1. The zero-order valence-electron chi connectivity index (χ0n) is 18.6. The van der Waals surface area contributed by atoms with Gasteiger partial charge in [0.25, 0.3) is 0 Å². The number of guanidine groups is 1. The monoisotopic (exact) mass is 440 g/mol. The summed E-state index contributed by atoms with van der Waals surface area (Å²) in [7, 11) is -1.27. The second-order valence-corrected chi connectivity index (χ2v) is 9.98. The molecule has 1 aromatic rings. The largest absolute Gasteiger partial charge is 0.497 e. The minimum absolute atomic E-state index is 0.0783. The van der Waals surface area contributed by atoms with Crippen LogP contribution in [0.5, 0.6) is 11.5 Å². The van der Waals surface area contributed by atoms with Crippen LogP contribution in [0.4, 0.5) is 0 Å². The number of hydrogen-bond donors (Lipinski definition) is 2. The third-order valence-corrected chi connectivity index (χ3v) is 5.86. The van der Waals surface area contributed by atoms with E-state index < -0.39 is 9.84 Å². The van der Waals surface area contributed by atoms with Crippen molar-refractivity contribution >= 4 is 15.8 Å². The third-order valence-electron chi connectivity index (χ3n) is 4.94. The summed E-state index contributed by atoms with van der Waals surface area (Å²) in [6.45, 7) is 7.74. The summed E-state index contributed by atoms with van der Waals surface area (Å²) < 4.78 is 33.9. The summed E-state index contributed by atoms with van der Waals surface area (Å²) in [5, 5.41) is 6.80. The van der Waals surface area contributed by atoms with E-state index in [0.717, 1.165) is 49.9 Å². The Hall–Kier alpha value is -2.00. The molecule has 2 N–H and O–H groups in total. The molecule has 1 fully saturated rings.